The lowest BCUT2D eigenvalue weighted by molar-refractivity contribution is -0.113. The molecule has 0 saturated heterocycles. The Kier molecular flexibility index (Phi) is 3.76. The predicted octanol–water partition coefficient (Wildman–Crippen LogP) is 1.14. The first kappa shape index (κ1) is 12.1. The third kappa shape index (κ3) is 2.48. The van der Waals surface area contributed by atoms with E-state index in [0.29, 0.717) is 6.61 Å². The van der Waals surface area contributed by atoms with Crippen molar-refractivity contribution in [1.29, 1.82) is 0 Å². The molecule has 0 spiro atoms. The van der Waals surface area contributed by atoms with Gasteiger partial charge in [0, 0.05) is 20.2 Å². The second kappa shape index (κ2) is 5.29. The maximum atomic E-state index is 11.2. The Balaban J connectivity index is 2.23. The Bertz CT molecular complexity index is 406. The standard InChI is InChI=1S/C13H17NO3/c1-17-7-6-14-5-4-10-8-11(16)2-3-12(10)13(14)9-15/h2-3,8-9,13,16H,4-7H2,1H3. The molecule has 1 aliphatic rings. The molecule has 4 heteroatoms. The number of benzene rings is 1. The third-order valence-corrected chi connectivity index (χ3v) is 3.22. The van der Waals surface area contributed by atoms with Crippen LogP contribution in [0.5, 0.6) is 5.75 Å². The highest BCUT2D eigenvalue weighted by molar-refractivity contribution is 5.64. The Morgan fingerprint density at radius 3 is 3.12 bits per heavy atom. The van der Waals surface area contributed by atoms with Gasteiger partial charge in [0.1, 0.15) is 12.0 Å². The molecule has 92 valence electrons. The van der Waals surface area contributed by atoms with Crippen LogP contribution in [0.1, 0.15) is 17.2 Å². The van der Waals surface area contributed by atoms with E-state index >= 15 is 0 Å². The van der Waals surface area contributed by atoms with Crippen LogP contribution in [0.25, 0.3) is 0 Å². The predicted molar refractivity (Wildman–Crippen MR) is 64.1 cm³/mol. The topological polar surface area (TPSA) is 49.8 Å². The number of carbonyl (C=O) groups is 1. The molecular weight excluding hydrogens is 218 g/mol. The molecule has 0 aromatic heterocycles. The minimum atomic E-state index is -0.213. The van der Waals surface area contributed by atoms with Crippen molar-refractivity contribution >= 4 is 6.29 Å². The number of nitrogens with zero attached hydrogens (tertiary/aromatic N) is 1. The highest BCUT2D eigenvalue weighted by Gasteiger charge is 2.26. The average Bonchev–Trinajstić information content (AvgIpc) is 2.35. The summed E-state index contributed by atoms with van der Waals surface area (Å²) in [6.07, 6.45) is 1.82. The second-order valence-electron chi connectivity index (χ2n) is 4.24. The number of ether oxygens (including phenoxy) is 1. The van der Waals surface area contributed by atoms with E-state index in [1.807, 2.05) is 6.07 Å². The summed E-state index contributed by atoms with van der Waals surface area (Å²) >= 11 is 0. The van der Waals surface area contributed by atoms with E-state index in [0.717, 1.165) is 36.9 Å². The maximum absolute atomic E-state index is 11.2. The molecule has 1 heterocycles. The zero-order valence-electron chi connectivity index (χ0n) is 9.93. The van der Waals surface area contributed by atoms with Crippen LogP contribution in [0.2, 0.25) is 0 Å². The number of hydrogen-bond donors (Lipinski definition) is 1. The quantitative estimate of drug-likeness (QED) is 0.795. The zero-order valence-corrected chi connectivity index (χ0v) is 9.93. The number of phenols is 1. The van der Waals surface area contributed by atoms with Gasteiger partial charge in [0.25, 0.3) is 0 Å². The van der Waals surface area contributed by atoms with E-state index in [-0.39, 0.29) is 11.8 Å². The summed E-state index contributed by atoms with van der Waals surface area (Å²) in [7, 11) is 1.66. The van der Waals surface area contributed by atoms with Gasteiger partial charge in [-0.25, -0.2) is 0 Å². The van der Waals surface area contributed by atoms with Gasteiger partial charge in [-0.1, -0.05) is 6.07 Å². The normalized spacial score (nSPS) is 19.9. The minimum Gasteiger partial charge on any atom is -0.508 e. The molecule has 0 saturated carbocycles. The fourth-order valence-electron chi connectivity index (χ4n) is 2.32. The summed E-state index contributed by atoms with van der Waals surface area (Å²) in [6.45, 7) is 2.20. The van der Waals surface area contributed by atoms with Crippen LogP contribution in [0, 0.1) is 0 Å². The summed E-state index contributed by atoms with van der Waals surface area (Å²) in [5.74, 6) is 0.263. The highest BCUT2D eigenvalue weighted by Crippen LogP contribution is 2.30. The van der Waals surface area contributed by atoms with Crippen molar-refractivity contribution < 1.29 is 14.6 Å². The van der Waals surface area contributed by atoms with E-state index < -0.39 is 0 Å². The first-order chi connectivity index (χ1) is 8.26. The lowest BCUT2D eigenvalue weighted by Gasteiger charge is -2.33. The first-order valence-corrected chi connectivity index (χ1v) is 5.76. The number of hydrogen-bond acceptors (Lipinski definition) is 4. The molecule has 1 aliphatic heterocycles. The Morgan fingerprint density at radius 2 is 2.41 bits per heavy atom. The van der Waals surface area contributed by atoms with Crippen molar-refractivity contribution in [2.24, 2.45) is 0 Å². The minimum absolute atomic E-state index is 0.213. The van der Waals surface area contributed by atoms with Gasteiger partial charge >= 0.3 is 0 Å². The van der Waals surface area contributed by atoms with Gasteiger partial charge in [-0.3, -0.25) is 4.90 Å². The Labute approximate surface area is 101 Å². The molecule has 0 bridgehead atoms. The van der Waals surface area contributed by atoms with E-state index in [2.05, 4.69) is 4.90 Å². The molecule has 4 nitrogen and oxygen atoms in total. The molecular formula is C13H17NO3. The highest BCUT2D eigenvalue weighted by atomic mass is 16.5. The van der Waals surface area contributed by atoms with Crippen molar-refractivity contribution in [3.63, 3.8) is 0 Å². The Morgan fingerprint density at radius 1 is 1.59 bits per heavy atom. The van der Waals surface area contributed by atoms with Gasteiger partial charge in [0.2, 0.25) is 0 Å². The van der Waals surface area contributed by atoms with Crippen molar-refractivity contribution in [2.45, 2.75) is 12.5 Å². The monoisotopic (exact) mass is 235 g/mol. The van der Waals surface area contributed by atoms with Crippen molar-refractivity contribution in [3.05, 3.63) is 29.3 Å². The van der Waals surface area contributed by atoms with Gasteiger partial charge in [-0.2, -0.15) is 0 Å². The Hall–Kier alpha value is -1.39. The molecule has 1 aromatic carbocycles. The summed E-state index contributed by atoms with van der Waals surface area (Å²) in [4.78, 5) is 13.3. The van der Waals surface area contributed by atoms with Gasteiger partial charge in [-0.15, -0.1) is 0 Å². The summed E-state index contributed by atoms with van der Waals surface area (Å²) in [6, 6.07) is 5.01. The molecule has 1 N–H and O–H groups in total. The molecule has 1 unspecified atom stereocenters. The van der Waals surface area contributed by atoms with Crippen LogP contribution in [0.4, 0.5) is 0 Å². The van der Waals surface area contributed by atoms with Crippen molar-refractivity contribution in [1.82, 2.24) is 4.90 Å². The third-order valence-electron chi connectivity index (χ3n) is 3.22. The van der Waals surface area contributed by atoms with Gasteiger partial charge in [0.05, 0.1) is 12.6 Å². The van der Waals surface area contributed by atoms with Crippen LogP contribution in [-0.4, -0.2) is 43.1 Å². The van der Waals surface area contributed by atoms with Crippen molar-refractivity contribution in [2.75, 3.05) is 26.8 Å². The van der Waals surface area contributed by atoms with Crippen LogP contribution < -0.4 is 0 Å². The van der Waals surface area contributed by atoms with Gasteiger partial charge in [0.15, 0.2) is 0 Å². The lowest BCUT2D eigenvalue weighted by Crippen LogP contribution is -2.38. The smallest absolute Gasteiger partial charge is 0.141 e. The van der Waals surface area contributed by atoms with E-state index in [1.165, 1.54) is 0 Å². The van der Waals surface area contributed by atoms with Gasteiger partial charge < -0.3 is 14.6 Å². The van der Waals surface area contributed by atoms with Gasteiger partial charge in [-0.05, 0) is 29.7 Å². The van der Waals surface area contributed by atoms with E-state index in [9.17, 15) is 9.90 Å². The summed E-state index contributed by atoms with van der Waals surface area (Å²) < 4.78 is 5.05. The van der Waals surface area contributed by atoms with Crippen LogP contribution in [0.3, 0.4) is 0 Å². The fourth-order valence-corrected chi connectivity index (χ4v) is 2.32. The van der Waals surface area contributed by atoms with E-state index in [1.54, 1.807) is 19.2 Å². The number of aromatic hydroxyl groups is 1. The lowest BCUT2D eigenvalue weighted by atomic mass is 9.93. The van der Waals surface area contributed by atoms with Crippen molar-refractivity contribution in [3.8, 4) is 5.75 Å². The van der Waals surface area contributed by atoms with Crippen LogP contribution in [0.15, 0.2) is 18.2 Å². The second-order valence-corrected chi connectivity index (χ2v) is 4.24. The molecule has 0 fully saturated rings. The molecule has 17 heavy (non-hydrogen) atoms. The largest absolute Gasteiger partial charge is 0.508 e. The number of phenolic OH excluding ortho intramolecular Hbond substituents is 1. The number of methoxy groups -OCH3 is 1. The fraction of sp³-hybridized carbons (Fsp3) is 0.462. The SMILES string of the molecule is COCCN1CCc2cc(O)ccc2C1C=O. The van der Waals surface area contributed by atoms with E-state index in [4.69, 9.17) is 4.74 Å². The maximum Gasteiger partial charge on any atom is 0.141 e. The molecule has 0 amide bonds. The number of aldehydes is 1. The molecule has 1 aromatic rings. The number of fused-ring (bicyclic) bond motifs is 1. The molecule has 2 rings (SSSR count). The van der Waals surface area contributed by atoms with Crippen LogP contribution >= 0.6 is 0 Å². The average molecular weight is 235 g/mol. The zero-order chi connectivity index (χ0) is 12.3. The molecule has 1 atom stereocenters. The number of rotatable bonds is 4. The molecule has 0 aliphatic carbocycles. The summed E-state index contributed by atoms with van der Waals surface area (Å²) in [5, 5.41) is 9.43. The first-order valence-electron chi connectivity index (χ1n) is 5.76. The van der Waals surface area contributed by atoms with Crippen LogP contribution in [-0.2, 0) is 16.0 Å². The number of carbonyl (C=O) groups excluding carboxylic acids is 1. The summed E-state index contributed by atoms with van der Waals surface area (Å²) in [5.41, 5.74) is 2.07. The molecule has 0 radical (unpaired) electrons.